The number of hydrogen-bond donors (Lipinski definition) is 1. The van der Waals surface area contributed by atoms with Crippen LogP contribution in [0.3, 0.4) is 0 Å². The predicted molar refractivity (Wildman–Crippen MR) is 99.5 cm³/mol. The second-order valence-corrected chi connectivity index (χ2v) is 6.91. The molecule has 0 radical (unpaired) electrons. The molecule has 0 saturated heterocycles. The molecule has 5 nitrogen and oxygen atoms in total. The summed E-state index contributed by atoms with van der Waals surface area (Å²) in [4.78, 5) is 16.6. The Hall–Kier alpha value is -2.92. The van der Waals surface area contributed by atoms with E-state index in [1.54, 1.807) is 12.3 Å². The van der Waals surface area contributed by atoms with Crippen LogP contribution >= 0.6 is 0 Å². The Morgan fingerprint density at radius 3 is 2.54 bits per heavy atom. The van der Waals surface area contributed by atoms with E-state index in [9.17, 15) is 9.90 Å². The van der Waals surface area contributed by atoms with Gasteiger partial charge in [-0.05, 0) is 23.8 Å². The van der Waals surface area contributed by atoms with Crippen LogP contribution < -0.4 is 4.74 Å². The largest absolute Gasteiger partial charge is 0.422 e. The molecule has 0 spiro atoms. The molecule has 5 heteroatoms. The predicted octanol–water partition coefficient (Wildman–Crippen LogP) is 3.54. The average Bonchev–Trinajstić information content (AvgIpc) is 3.14. The van der Waals surface area contributed by atoms with Crippen LogP contribution in [0.15, 0.2) is 73.3 Å². The van der Waals surface area contributed by atoms with Gasteiger partial charge in [0.05, 0.1) is 6.20 Å². The van der Waals surface area contributed by atoms with E-state index in [-0.39, 0.29) is 0 Å². The smallest absolute Gasteiger partial charge is 0.341 e. The zero-order chi connectivity index (χ0) is 18.6. The first-order valence-electron chi connectivity index (χ1n) is 8.47. The molecule has 134 valence electrons. The molecule has 0 aliphatic heterocycles. The van der Waals surface area contributed by atoms with Crippen LogP contribution in [0.4, 0.5) is 0 Å². The maximum absolute atomic E-state index is 12.6. The van der Waals surface area contributed by atoms with Crippen LogP contribution in [0.25, 0.3) is 11.1 Å². The summed E-state index contributed by atoms with van der Waals surface area (Å²) in [5.41, 5.74) is 0.980. The van der Waals surface area contributed by atoms with E-state index in [1.165, 1.54) is 6.20 Å². The molecule has 0 fully saturated rings. The normalized spacial score (nSPS) is 12.6. The fraction of sp³-hybridized carbons (Fsp3) is 0.238. The summed E-state index contributed by atoms with van der Waals surface area (Å²) in [6.07, 6.45) is 5.66. The van der Waals surface area contributed by atoms with Crippen molar-refractivity contribution < 1.29 is 14.6 Å². The number of rotatable bonds is 6. The van der Waals surface area contributed by atoms with Crippen molar-refractivity contribution in [2.45, 2.75) is 26.5 Å². The zero-order valence-corrected chi connectivity index (χ0v) is 14.9. The highest BCUT2D eigenvalue weighted by Gasteiger charge is 2.35. The lowest BCUT2D eigenvalue weighted by atomic mass is 9.86. The minimum absolute atomic E-state index is 0.333. The Morgan fingerprint density at radius 2 is 1.85 bits per heavy atom. The van der Waals surface area contributed by atoms with Crippen LogP contribution in [0, 0.1) is 5.41 Å². The molecule has 1 unspecified atom stereocenters. The highest BCUT2D eigenvalue weighted by Crippen LogP contribution is 2.30. The second kappa shape index (κ2) is 7.54. The quantitative estimate of drug-likeness (QED) is 0.691. The maximum atomic E-state index is 12.6. The SMILES string of the molecule is CC(C)(Cn1cccc1)C(O)C(=O)Oc1cnccc1-c1ccccc1. The van der Waals surface area contributed by atoms with Gasteiger partial charge in [0.15, 0.2) is 11.9 Å². The fourth-order valence-electron chi connectivity index (χ4n) is 2.83. The first kappa shape index (κ1) is 17.9. The zero-order valence-electron chi connectivity index (χ0n) is 14.9. The summed E-state index contributed by atoms with van der Waals surface area (Å²) >= 11 is 0. The molecule has 0 aliphatic rings. The third-order valence-corrected chi connectivity index (χ3v) is 4.30. The summed E-state index contributed by atoms with van der Waals surface area (Å²) in [5.74, 6) is -0.355. The molecule has 0 aliphatic carbocycles. The summed E-state index contributed by atoms with van der Waals surface area (Å²) in [6.45, 7) is 4.16. The van der Waals surface area contributed by atoms with Gasteiger partial charge in [-0.15, -0.1) is 0 Å². The minimum atomic E-state index is -1.27. The summed E-state index contributed by atoms with van der Waals surface area (Å²) in [7, 11) is 0. The molecule has 0 amide bonds. The first-order valence-corrected chi connectivity index (χ1v) is 8.47. The second-order valence-electron chi connectivity index (χ2n) is 6.91. The van der Waals surface area contributed by atoms with Gasteiger partial charge in [0.25, 0.3) is 0 Å². The van der Waals surface area contributed by atoms with Crippen molar-refractivity contribution in [1.29, 1.82) is 0 Å². The average molecular weight is 350 g/mol. The monoisotopic (exact) mass is 350 g/mol. The first-order chi connectivity index (χ1) is 12.5. The Bertz CT molecular complexity index is 858. The molecule has 0 saturated carbocycles. The number of aliphatic hydroxyl groups is 1. The lowest BCUT2D eigenvalue weighted by molar-refractivity contribution is -0.150. The van der Waals surface area contributed by atoms with Gasteiger partial charge >= 0.3 is 5.97 Å². The third-order valence-electron chi connectivity index (χ3n) is 4.30. The molecule has 1 atom stereocenters. The van der Waals surface area contributed by atoms with E-state index in [2.05, 4.69) is 4.98 Å². The van der Waals surface area contributed by atoms with Gasteiger partial charge in [-0.25, -0.2) is 4.79 Å². The molecule has 3 rings (SSSR count). The number of aliphatic hydroxyl groups excluding tert-OH is 1. The fourth-order valence-corrected chi connectivity index (χ4v) is 2.83. The number of carbonyl (C=O) groups is 1. The van der Waals surface area contributed by atoms with Gasteiger partial charge in [-0.1, -0.05) is 44.2 Å². The van der Waals surface area contributed by atoms with Crippen molar-refractivity contribution >= 4 is 5.97 Å². The molecule has 3 aromatic rings. The lowest BCUT2D eigenvalue weighted by Crippen LogP contribution is -2.41. The van der Waals surface area contributed by atoms with Gasteiger partial charge in [0.1, 0.15) is 0 Å². The van der Waals surface area contributed by atoms with Crippen molar-refractivity contribution in [3.05, 3.63) is 73.3 Å². The molecule has 2 heterocycles. The molecule has 1 aromatic carbocycles. The minimum Gasteiger partial charge on any atom is -0.422 e. The Balaban J connectivity index is 1.78. The van der Waals surface area contributed by atoms with E-state index >= 15 is 0 Å². The van der Waals surface area contributed by atoms with Crippen molar-refractivity contribution in [2.75, 3.05) is 0 Å². The van der Waals surface area contributed by atoms with Crippen molar-refractivity contribution in [1.82, 2.24) is 9.55 Å². The van der Waals surface area contributed by atoms with E-state index in [1.807, 2.05) is 73.3 Å². The standard InChI is InChI=1S/C21H22N2O3/c1-21(2,15-23-12-6-7-13-23)19(24)20(25)26-18-14-22-11-10-17(18)16-8-4-3-5-9-16/h3-14,19,24H,15H2,1-2H3. The summed E-state index contributed by atoms with van der Waals surface area (Å²) in [5, 5.41) is 10.6. The maximum Gasteiger partial charge on any atom is 0.341 e. The number of nitrogens with zero attached hydrogens (tertiary/aromatic N) is 2. The van der Waals surface area contributed by atoms with Crippen LogP contribution in [0.5, 0.6) is 5.75 Å². The van der Waals surface area contributed by atoms with Crippen LogP contribution in [-0.2, 0) is 11.3 Å². The molecule has 1 N–H and O–H groups in total. The van der Waals surface area contributed by atoms with Crippen LogP contribution in [0.2, 0.25) is 0 Å². The number of hydrogen-bond acceptors (Lipinski definition) is 4. The summed E-state index contributed by atoms with van der Waals surface area (Å²) < 4.78 is 7.43. The number of pyridine rings is 1. The Labute approximate surface area is 152 Å². The molecule has 26 heavy (non-hydrogen) atoms. The lowest BCUT2D eigenvalue weighted by Gasteiger charge is -2.29. The van der Waals surface area contributed by atoms with Gasteiger partial charge < -0.3 is 14.4 Å². The van der Waals surface area contributed by atoms with Gasteiger partial charge in [-0.3, -0.25) is 4.98 Å². The highest BCUT2D eigenvalue weighted by molar-refractivity contribution is 5.81. The van der Waals surface area contributed by atoms with E-state index in [4.69, 9.17) is 4.74 Å². The van der Waals surface area contributed by atoms with Crippen molar-refractivity contribution in [3.63, 3.8) is 0 Å². The molecular formula is C21H22N2O3. The number of aromatic nitrogens is 2. The number of esters is 1. The van der Waals surface area contributed by atoms with Gasteiger partial charge in [-0.2, -0.15) is 0 Å². The molecular weight excluding hydrogens is 328 g/mol. The topological polar surface area (TPSA) is 64.4 Å². The summed E-state index contributed by atoms with van der Waals surface area (Å²) in [6, 6.07) is 15.2. The Kier molecular flexibility index (Phi) is 5.19. The van der Waals surface area contributed by atoms with Gasteiger partial charge in [0.2, 0.25) is 0 Å². The Morgan fingerprint density at radius 1 is 1.15 bits per heavy atom. The van der Waals surface area contributed by atoms with Crippen molar-refractivity contribution in [2.24, 2.45) is 5.41 Å². The van der Waals surface area contributed by atoms with Crippen LogP contribution in [0.1, 0.15) is 13.8 Å². The molecule has 2 aromatic heterocycles. The van der Waals surface area contributed by atoms with Crippen molar-refractivity contribution in [3.8, 4) is 16.9 Å². The van der Waals surface area contributed by atoms with Gasteiger partial charge in [0, 0.05) is 36.1 Å². The third kappa shape index (κ3) is 4.00. The van der Waals surface area contributed by atoms with Crippen LogP contribution in [-0.4, -0.2) is 26.7 Å². The van der Waals surface area contributed by atoms with E-state index in [0.29, 0.717) is 12.3 Å². The number of carbonyl (C=O) groups excluding carboxylic acids is 1. The highest BCUT2D eigenvalue weighted by atomic mass is 16.5. The molecule has 0 bridgehead atoms. The number of benzene rings is 1. The van der Waals surface area contributed by atoms with E-state index in [0.717, 1.165) is 11.1 Å². The van der Waals surface area contributed by atoms with E-state index < -0.39 is 17.5 Å². The number of ether oxygens (including phenoxy) is 1.